The summed E-state index contributed by atoms with van der Waals surface area (Å²) in [6.45, 7) is 4.74. The first-order valence-electron chi connectivity index (χ1n) is 6.10. The minimum Gasteiger partial charge on any atom is -0.492 e. The molecule has 0 aromatic heterocycles. The zero-order valence-electron chi connectivity index (χ0n) is 10.1. The fraction of sp³-hybridized carbons (Fsp3) is 0.538. The summed E-state index contributed by atoms with van der Waals surface area (Å²) in [5.41, 5.74) is 6.72. The van der Waals surface area contributed by atoms with Gasteiger partial charge in [-0.05, 0) is 17.7 Å². The molecule has 2 N–H and O–H groups in total. The molecule has 0 radical (unpaired) electrons. The van der Waals surface area contributed by atoms with Crippen LogP contribution in [0.2, 0.25) is 0 Å². The van der Waals surface area contributed by atoms with E-state index in [-0.39, 0.29) is 0 Å². The highest BCUT2D eigenvalue weighted by Gasteiger charge is 2.09. The Hall–Kier alpha value is -0.710. The molecule has 1 aliphatic heterocycles. The summed E-state index contributed by atoms with van der Waals surface area (Å²) >= 11 is 2.04. The van der Waals surface area contributed by atoms with Crippen LogP contribution in [0.15, 0.2) is 24.3 Å². The number of thioether (sulfide) groups is 1. The van der Waals surface area contributed by atoms with Gasteiger partial charge in [0, 0.05) is 37.7 Å². The van der Waals surface area contributed by atoms with Gasteiger partial charge in [-0.25, -0.2) is 0 Å². The maximum atomic E-state index is 5.75. The van der Waals surface area contributed by atoms with Crippen LogP contribution in [0.5, 0.6) is 5.75 Å². The van der Waals surface area contributed by atoms with Crippen molar-refractivity contribution in [3.63, 3.8) is 0 Å². The number of hydrogen-bond acceptors (Lipinski definition) is 4. The molecule has 1 saturated heterocycles. The molecule has 0 spiro atoms. The van der Waals surface area contributed by atoms with Gasteiger partial charge >= 0.3 is 0 Å². The van der Waals surface area contributed by atoms with Crippen LogP contribution < -0.4 is 10.5 Å². The fourth-order valence-corrected chi connectivity index (χ4v) is 2.86. The summed E-state index contributed by atoms with van der Waals surface area (Å²) in [6.07, 6.45) is 0. The van der Waals surface area contributed by atoms with Gasteiger partial charge < -0.3 is 10.5 Å². The van der Waals surface area contributed by atoms with E-state index in [9.17, 15) is 0 Å². The summed E-state index contributed by atoms with van der Waals surface area (Å²) in [7, 11) is 0. The van der Waals surface area contributed by atoms with Gasteiger partial charge in [-0.15, -0.1) is 0 Å². The molecule has 1 heterocycles. The number of nitrogens with two attached hydrogens (primary N) is 1. The van der Waals surface area contributed by atoms with E-state index in [2.05, 4.69) is 4.90 Å². The van der Waals surface area contributed by atoms with Gasteiger partial charge in [-0.2, -0.15) is 11.8 Å². The van der Waals surface area contributed by atoms with Crippen LogP contribution in [0, 0.1) is 0 Å². The normalized spacial score (nSPS) is 17.0. The van der Waals surface area contributed by atoms with Gasteiger partial charge in [0.25, 0.3) is 0 Å². The van der Waals surface area contributed by atoms with Crippen molar-refractivity contribution in [2.75, 3.05) is 37.7 Å². The Labute approximate surface area is 107 Å². The van der Waals surface area contributed by atoms with Crippen LogP contribution in [-0.2, 0) is 6.54 Å². The van der Waals surface area contributed by atoms with E-state index in [1.54, 1.807) is 0 Å². The topological polar surface area (TPSA) is 38.5 Å². The van der Waals surface area contributed by atoms with E-state index in [1.807, 2.05) is 36.0 Å². The SMILES string of the molecule is NCc1cccc(OCCN2CCSCC2)c1. The Morgan fingerprint density at radius 3 is 2.88 bits per heavy atom. The molecule has 4 heteroatoms. The largest absolute Gasteiger partial charge is 0.492 e. The average molecular weight is 252 g/mol. The van der Waals surface area contributed by atoms with Crippen molar-refractivity contribution in [3.8, 4) is 5.75 Å². The van der Waals surface area contributed by atoms with Crippen LogP contribution in [0.4, 0.5) is 0 Å². The highest BCUT2D eigenvalue weighted by Crippen LogP contribution is 2.13. The lowest BCUT2D eigenvalue weighted by Crippen LogP contribution is -2.35. The Morgan fingerprint density at radius 2 is 2.12 bits per heavy atom. The van der Waals surface area contributed by atoms with Crippen LogP contribution >= 0.6 is 11.8 Å². The standard InChI is InChI=1S/C13H20N2OS/c14-11-12-2-1-3-13(10-12)16-7-4-15-5-8-17-9-6-15/h1-3,10H,4-9,11,14H2. The molecule has 0 amide bonds. The number of rotatable bonds is 5. The van der Waals surface area contributed by atoms with Crippen molar-refractivity contribution < 1.29 is 4.74 Å². The Balaban J connectivity index is 1.73. The van der Waals surface area contributed by atoms with Gasteiger partial charge in [0.05, 0.1) is 0 Å². The fourth-order valence-electron chi connectivity index (χ4n) is 1.88. The molecule has 2 rings (SSSR count). The predicted octanol–water partition coefficient (Wildman–Crippen LogP) is 1.57. The monoisotopic (exact) mass is 252 g/mol. The van der Waals surface area contributed by atoms with Crippen molar-refractivity contribution in [2.45, 2.75) is 6.54 Å². The first kappa shape index (κ1) is 12.7. The number of benzene rings is 1. The van der Waals surface area contributed by atoms with Gasteiger partial charge in [0.2, 0.25) is 0 Å². The molecule has 94 valence electrons. The van der Waals surface area contributed by atoms with E-state index in [1.165, 1.54) is 24.6 Å². The van der Waals surface area contributed by atoms with E-state index in [0.717, 1.165) is 24.5 Å². The third-order valence-corrected chi connectivity index (χ3v) is 3.86. The Bertz CT molecular complexity index is 340. The summed E-state index contributed by atoms with van der Waals surface area (Å²) in [4.78, 5) is 2.46. The molecule has 0 unspecified atom stereocenters. The molecule has 0 aliphatic carbocycles. The van der Waals surface area contributed by atoms with Gasteiger partial charge in [-0.1, -0.05) is 12.1 Å². The van der Waals surface area contributed by atoms with Crippen LogP contribution in [0.3, 0.4) is 0 Å². The highest BCUT2D eigenvalue weighted by molar-refractivity contribution is 7.99. The second kappa shape index (κ2) is 6.89. The zero-order valence-corrected chi connectivity index (χ0v) is 10.9. The minimum absolute atomic E-state index is 0.570. The van der Waals surface area contributed by atoms with Gasteiger partial charge in [0.15, 0.2) is 0 Å². The number of nitrogens with zero attached hydrogens (tertiary/aromatic N) is 1. The summed E-state index contributed by atoms with van der Waals surface area (Å²) in [5.74, 6) is 3.44. The first-order valence-corrected chi connectivity index (χ1v) is 7.26. The summed E-state index contributed by atoms with van der Waals surface area (Å²) < 4.78 is 5.75. The lowest BCUT2D eigenvalue weighted by molar-refractivity contribution is 0.222. The van der Waals surface area contributed by atoms with E-state index in [0.29, 0.717) is 6.54 Å². The van der Waals surface area contributed by atoms with Gasteiger partial charge in [-0.3, -0.25) is 4.90 Å². The quantitative estimate of drug-likeness (QED) is 0.863. The van der Waals surface area contributed by atoms with Crippen molar-refractivity contribution in [1.82, 2.24) is 4.90 Å². The van der Waals surface area contributed by atoms with E-state index >= 15 is 0 Å². The maximum absolute atomic E-state index is 5.75. The lowest BCUT2D eigenvalue weighted by Gasteiger charge is -2.25. The molecular weight excluding hydrogens is 232 g/mol. The first-order chi connectivity index (χ1) is 8.38. The zero-order chi connectivity index (χ0) is 11.9. The summed E-state index contributed by atoms with van der Waals surface area (Å²) in [6, 6.07) is 8.03. The number of ether oxygens (including phenoxy) is 1. The van der Waals surface area contributed by atoms with E-state index < -0.39 is 0 Å². The third-order valence-electron chi connectivity index (χ3n) is 2.91. The predicted molar refractivity (Wildman–Crippen MR) is 73.6 cm³/mol. The van der Waals surface area contributed by atoms with Crippen molar-refractivity contribution in [1.29, 1.82) is 0 Å². The molecule has 1 aromatic rings. The Kier molecular flexibility index (Phi) is 5.16. The summed E-state index contributed by atoms with van der Waals surface area (Å²) in [5, 5.41) is 0. The van der Waals surface area contributed by atoms with Crippen molar-refractivity contribution >= 4 is 11.8 Å². The third kappa shape index (κ3) is 4.22. The van der Waals surface area contributed by atoms with Gasteiger partial charge in [0.1, 0.15) is 12.4 Å². The molecular formula is C13H20N2OS. The molecule has 17 heavy (non-hydrogen) atoms. The van der Waals surface area contributed by atoms with E-state index in [4.69, 9.17) is 10.5 Å². The minimum atomic E-state index is 0.570. The van der Waals surface area contributed by atoms with Crippen molar-refractivity contribution in [2.24, 2.45) is 5.73 Å². The molecule has 1 aliphatic rings. The Morgan fingerprint density at radius 1 is 1.29 bits per heavy atom. The molecule has 1 aromatic carbocycles. The lowest BCUT2D eigenvalue weighted by atomic mass is 10.2. The molecule has 0 bridgehead atoms. The van der Waals surface area contributed by atoms with Crippen LogP contribution in [0.25, 0.3) is 0 Å². The molecule has 3 nitrogen and oxygen atoms in total. The molecule has 1 fully saturated rings. The van der Waals surface area contributed by atoms with Crippen molar-refractivity contribution in [3.05, 3.63) is 29.8 Å². The smallest absolute Gasteiger partial charge is 0.119 e. The molecule has 0 saturated carbocycles. The number of hydrogen-bond donors (Lipinski definition) is 1. The van der Waals surface area contributed by atoms with Crippen LogP contribution in [0.1, 0.15) is 5.56 Å². The second-order valence-electron chi connectivity index (χ2n) is 4.15. The van der Waals surface area contributed by atoms with Crippen LogP contribution in [-0.4, -0.2) is 42.6 Å². The second-order valence-corrected chi connectivity index (χ2v) is 5.38. The molecule has 0 atom stereocenters. The maximum Gasteiger partial charge on any atom is 0.119 e. The average Bonchev–Trinajstić information content (AvgIpc) is 2.40. The highest BCUT2D eigenvalue weighted by atomic mass is 32.2.